The molecule has 1 N–H and O–H groups in total. The fourth-order valence-corrected chi connectivity index (χ4v) is 4.18. The number of fused-ring (bicyclic) bond motifs is 1. The van der Waals surface area contributed by atoms with Gasteiger partial charge in [-0.05, 0) is 37.0 Å². The standard InChI is InChI=1S/C20H25F3N2O2/c1-12(2)19(27)25-16-8-3-4-9-18(26)24-15(16)11-17(25)13-6-5-7-14(10-13)20(21,22)23/h5-7,10,12,15-17H,3-4,8-9,11H2,1-2H3,(H,24,26)/t15-,16+,17+/m1/s1. The number of carbonyl (C=O) groups excluding carboxylic acids is 2. The number of alkyl halides is 3. The van der Waals surface area contributed by atoms with E-state index >= 15 is 0 Å². The molecule has 3 atom stereocenters. The number of hydrogen-bond acceptors (Lipinski definition) is 2. The topological polar surface area (TPSA) is 49.4 Å². The van der Waals surface area contributed by atoms with E-state index in [1.54, 1.807) is 24.8 Å². The van der Waals surface area contributed by atoms with E-state index in [1.807, 2.05) is 0 Å². The summed E-state index contributed by atoms with van der Waals surface area (Å²) in [5.41, 5.74) is -0.245. The molecule has 1 aromatic rings. The van der Waals surface area contributed by atoms with Crippen molar-refractivity contribution in [1.82, 2.24) is 10.2 Å². The number of amides is 2. The first-order valence-electron chi connectivity index (χ1n) is 9.47. The van der Waals surface area contributed by atoms with E-state index in [0.29, 0.717) is 18.4 Å². The van der Waals surface area contributed by atoms with Crippen LogP contribution in [0.3, 0.4) is 0 Å². The van der Waals surface area contributed by atoms with Crippen LogP contribution in [0.15, 0.2) is 24.3 Å². The van der Waals surface area contributed by atoms with E-state index in [9.17, 15) is 22.8 Å². The molecule has 1 aromatic carbocycles. The van der Waals surface area contributed by atoms with Crippen LogP contribution in [-0.2, 0) is 15.8 Å². The van der Waals surface area contributed by atoms with E-state index in [0.717, 1.165) is 31.4 Å². The zero-order valence-corrected chi connectivity index (χ0v) is 15.6. The van der Waals surface area contributed by atoms with Gasteiger partial charge in [0.2, 0.25) is 11.8 Å². The van der Waals surface area contributed by atoms with Crippen molar-refractivity contribution in [3.63, 3.8) is 0 Å². The Balaban J connectivity index is 1.99. The van der Waals surface area contributed by atoms with Crippen molar-refractivity contribution in [3.05, 3.63) is 35.4 Å². The summed E-state index contributed by atoms with van der Waals surface area (Å²) in [6.45, 7) is 3.58. The highest BCUT2D eigenvalue weighted by atomic mass is 19.4. The third-order valence-corrected chi connectivity index (χ3v) is 5.48. The minimum absolute atomic E-state index is 0.0497. The van der Waals surface area contributed by atoms with Crippen molar-refractivity contribution < 1.29 is 22.8 Å². The average molecular weight is 382 g/mol. The second-order valence-corrected chi connectivity index (χ2v) is 7.76. The van der Waals surface area contributed by atoms with Crippen LogP contribution in [0.2, 0.25) is 0 Å². The second kappa shape index (κ2) is 7.52. The summed E-state index contributed by atoms with van der Waals surface area (Å²) in [7, 11) is 0. The van der Waals surface area contributed by atoms with E-state index < -0.39 is 17.8 Å². The Morgan fingerprint density at radius 1 is 1.26 bits per heavy atom. The van der Waals surface area contributed by atoms with Crippen LogP contribution in [-0.4, -0.2) is 28.8 Å². The summed E-state index contributed by atoms with van der Waals surface area (Å²) < 4.78 is 39.5. The monoisotopic (exact) mass is 382 g/mol. The van der Waals surface area contributed by atoms with Crippen molar-refractivity contribution in [1.29, 1.82) is 0 Å². The van der Waals surface area contributed by atoms with E-state index in [1.165, 1.54) is 6.07 Å². The molecule has 3 rings (SSSR count). The quantitative estimate of drug-likeness (QED) is 0.839. The maximum Gasteiger partial charge on any atom is 0.416 e. The molecule has 0 bridgehead atoms. The van der Waals surface area contributed by atoms with Crippen LogP contribution in [0, 0.1) is 5.92 Å². The summed E-state index contributed by atoms with van der Waals surface area (Å²) in [5.74, 6) is -0.399. The minimum Gasteiger partial charge on any atom is -0.351 e. The van der Waals surface area contributed by atoms with Gasteiger partial charge in [-0.15, -0.1) is 0 Å². The number of likely N-dealkylation sites (tertiary alicyclic amines) is 1. The van der Waals surface area contributed by atoms with Crippen LogP contribution < -0.4 is 5.32 Å². The van der Waals surface area contributed by atoms with Gasteiger partial charge in [0.05, 0.1) is 23.7 Å². The molecule has 0 saturated carbocycles. The van der Waals surface area contributed by atoms with Crippen molar-refractivity contribution in [3.8, 4) is 0 Å². The molecule has 0 aromatic heterocycles. The summed E-state index contributed by atoms with van der Waals surface area (Å²) in [4.78, 5) is 26.7. The Morgan fingerprint density at radius 2 is 2.00 bits per heavy atom. The smallest absolute Gasteiger partial charge is 0.351 e. The predicted molar refractivity (Wildman–Crippen MR) is 94.7 cm³/mol. The van der Waals surface area contributed by atoms with Crippen molar-refractivity contribution >= 4 is 11.8 Å². The number of benzene rings is 1. The van der Waals surface area contributed by atoms with Gasteiger partial charge in [0, 0.05) is 12.3 Å². The first-order valence-corrected chi connectivity index (χ1v) is 9.47. The molecule has 2 fully saturated rings. The van der Waals surface area contributed by atoms with Gasteiger partial charge >= 0.3 is 6.18 Å². The first-order chi connectivity index (χ1) is 12.7. The minimum atomic E-state index is -4.43. The summed E-state index contributed by atoms with van der Waals surface area (Å²) in [6, 6.07) is 4.33. The Kier molecular flexibility index (Phi) is 5.49. The third-order valence-electron chi connectivity index (χ3n) is 5.48. The van der Waals surface area contributed by atoms with Crippen LogP contribution in [0.4, 0.5) is 13.2 Å². The molecular formula is C20H25F3N2O2. The molecule has 2 aliphatic heterocycles. The molecule has 0 aliphatic carbocycles. The number of rotatable bonds is 2. The lowest BCUT2D eigenvalue weighted by atomic mass is 9.97. The van der Waals surface area contributed by atoms with Gasteiger partial charge < -0.3 is 10.2 Å². The van der Waals surface area contributed by atoms with Crippen molar-refractivity contribution in [2.24, 2.45) is 5.92 Å². The van der Waals surface area contributed by atoms with Crippen LogP contribution in [0.5, 0.6) is 0 Å². The van der Waals surface area contributed by atoms with Gasteiger partial charge in [-0.25, -0.2) is 0 Å². The maximum atomic E-state index is 13.2. The highest BCUT2D eigenvalue weighted by Gasteiger charge is 2.46. The van der Waals surface area contributed by atoms with Crippen LogP contribution >= 0.6 is 0 Å². The largest absolute Gasteiger partial charge is 0.416 e. The van der Waals surface area contributed by atoms with E-state index in [-0.39, 0.29) is 29.8 Å². The lowest BCUT2D eigenvalue weighted by Crippen LogP contribution is -2.48. The number of hydrogen-bond donors (Lipinski definition) is 1. The molecule has 2 amide bonds. The molecule has 27 heavy (non-hydrogen) atoms. The fraction of sp³-hybridized carbons (Fsp3) is 0.600. The average Bonchev–Trinajstić information content (AvgIpc) is 2.92. The maximum absolute atomic E-state index is 13.2. The second-order valence-electron chi connectivity index (χ2n) is 7.76. The van der Waals surface area contributed by atoms with Crippen molar-refractivity contribution in [2.45, 2.75) is 70.3 Å². The Bertz CT molecular complexity index is 717. The highest BCUT2D eigenvalue weighted by Crippen LogP contribution is 2.41. The van der Waals surface area contributed by atoms with Gasteiger partial charge in [-0.1, -0.05) is 32.4 Å². The van der Waals surface area contributed by atoms with E-state index in [2.05, 4.69) is 5.32 Å². The lowest BCUT2D eigenvalue weighted by Gasteiger charge is -2.34. The van der Waals surface area contributed by atoms with Gasteiger partial charge in [0.1, 0.15) is 0 Å². The molecule has 2 saturated heterocycles. The fourth-order valence-electron chi connectivity index (χ4n) is 4.18. The first kappa shape index (κ1) is 19.7. The number of halogens is 3. The Hall–Kier alpha value is -2.05. The normalized spacial score (nSPS) is 26.4. The lowest BCUT2D eigenvalue weighted by molar-refractivity contribution is -0.138. The van der Waals surface area contributed by atoms with Gasteiger partial charge in [0.15, 0.2) is 0 Å². The molecule has 0 radical (unpaired) electrons. The highest BCUT2D eigenvalue weighted by molar-refractivity contribution is 5.80. The molecule has 7 heteroatoms. The Labute approximate surface area is 157 Å². The molecule has 148 valence electrons. The summed E-state index contributed by atoms with van der Waals surface area (Å²) >= 11 is 0. The molecule has 4 nitrogen and oxygen atoms in total. The summed E-state index contributed by atoms with van der Waals surface area (Å²) in [6.07, 6.45) is -1.21. The molecule has 2 heterocycles. The van der Waals surface area contributed by atoms with Crippen LogP contribution in [0.1, 0.15) is 63.1 Å². The molecule has 2 aliphatic rings. The van der Waals surface area contributed by atoms with Gasteiger partial charge in [0.25, 0.3) is 0 Å². The predicted octanol–water partition coefficient (Wildman–Crippen LogP) is 4.06. The SMILES string of the molecule is CC(C)C(=O)N1[C@H](c2cccc(C(F)(F)F)c2)C[C@H]2NC(=O)CCCC[C@@H]21. The van der Waals surface area contributed by atoms with Crippen molar-refractivity contribution in [2.75, 3.05) is 0 Å². The summed E-state index contributed by atoms with van der Waals surface area (Å²) in [5, 5.41) is 2.99. The molecule has 0 spiro atoms. The van der Waals surface area contributed by atoms with Crippen LogP contribution in [0.25, 0.3) is 0 Å². The number of nitrogens with zero attached hydrogens (tertiary/aromatic N) is 1. The van der Waals surface area contributed by atoms with Gasteiger partial charge in [-0.2, -0.15) is 13.2 Å². The van der Waals surface area contributed by atoms with E-state index in [4.69, 9.17) is 0 Å². The zero-order chi connectivity index (χ0) is 19.8. The Morgan fingerprint density at radius 3 is 2.67 bits per heavy atom. The van der Waals surface area contributed by atoms with Gasteiger partial charge in [-0.3, -0.25) is 9.59 Å². The zero-order valence-electron chi connectivity index (χ0n) is 15.6. The number of nitrogens with one attached hydrogen (secondary N) is 1. The number of carbonyl (C=O) groups is 2. The molecular weight excluding hydrogens is 357 g/mol. The third kappa shape index (κ3) is 4.12. The molecule has 0 unspecified atom stereocenters.